The van der Waals surface area contributed by atoms with Crippen molar-refractivity contribution in [3.05, 3.63) is 58.6 Å². The number of carbonyl (C=O) groups excluding carboxylic acids is 1. The predicted molar refractivity (Wildman–Crippen MR) is 99.7 cm³/mol. The van der Waals surface area contributed by atoms with E-state index in [2.05, 4.69) is 10.3 Å². The Bertz CT molecular complexity index is 1000. The molecule has 0 radical (unpaired) electrons. The van der Waals surface area contributed by atoms with Crippen LogP contribution in [-0.4, -0.2) is 25.1 Å². The minimum atomic E-state index is -0.842. The first kappa shape index (κ1) is 18.8. The minimum Gasteiger partial charge on any atom is -0.493 e. The molecule has 0 fully saturated rings. The molecule has 0 aliphatic rings. The molecule has 0 saturated heterocycles. The Balaban J connectivity index is 1.89. The van der Waals surface area contributed by atoms with Crippen molar-refractivity contribution in [2.75, 3.05) is 19.5 Å². The normalized spacial score (nSPS) is 10.6. The van der Waals surface area contributed by atoms with Crippen LogP contribution in [0.4, 0.5) is 14.5 Å². The Hall–Kier alpha value is -3.00. The number of rotatable bonds is 5. The van der Waals surface area contributed by atoms with Gasteiger partial charge in [0.2, 0.25) is 0 Å². The van der Waals surface area contributed by atoms with Gasteiger partial charge in [0, 0.05) is 11.6 Å². The molecule has 0 aliphatic carbocycles. The molecular weight excluding hydrogens is 374 g/mol. The quantitative estimate of drug-likeness (QED) is 0.688. The second kappa shape index (κ2) is 7.71. The van der Waals surface area contributed by atoms with Crippen LogP contribution in [-0.2, 0) is 0 Å². The number of anilines is 1. The fourth-order valence-electron chi connectivity index (χ4n) is 2.47. The van der Waals surface area contributed by atoms with Crippen LogP contribution in [0, 0.1) is 18.6 Å². The summed E-state index contributed by atoms with van der Waals surface area (Å²) in [5, 5.41) is 3.05. The zero-order chi connectivity index (χ0) is 19.6. The van der Waals surface area contributed by atoms with Crippen molar-refractivity contribution in [2.45, 2.75) is 6.92 Å². The molecule has 3 rings (SSSR count). The second-order valence-corrected chi connectivity index (χ2v) is 6.58. The number of aryl methyl sites for hydroxylation is 1. The lowest BCUT2D eigenvalue weighted by Crippen LogP contribution is -2.12. The maximum atomic E-state index is 13.8. The van der Waals surface area contributed by atoms with Gasteiger partial charge in [-0.3, -0.25) is 4.79 Å². The first-order valence-corrected chi connectivity index (χ1v) is 8.70. The maximum absolute atomic E-state index is 13.8. The molecular formula is C19H16F2N2O3S. The van der Waals surface area contributed by atoms with Crippen LogP contribution in [0.15, 0.2) is 36.4 Å². The number of methoxy groups -OCH3 is 2. The van der Waals surface area contributed by atoms with E-state index < -0.39 is 17.5 Å². The third kappa shape index (κ3) is 3.90. The number of amides is 1. The molecule has 140 valence electrons. The van der Waals surface area contributed by atoms with Gasteiger partial charge in [-0.2, -0.15) is 0 Å². The van der Waals surface area contributed by atoms with Gasteiger partial charge in [-0.15, -0.1) is 11.3 Å². The van der Waals surface area contributed by atoms with Crippen molar-refractivity contribution in [2.24, 2.45) is 0 Å². The van der Waals surface area contributed by atoms with E-state index in [1.54, 1.807) is 32.2 Å². The third-order valence-corrected chi connectivity index (χ3v) is 5.02. The van der Waals surface area contributed by atoms with Gasteiger partial charge in [-0.25, -0.2) is 13.8 Å². The Labute approximate surface area is 158 Å². The van der Waals surface area contributed by atoms with Crippen LogP contribution in [0.5, 0.6) is 11.5 Å². The van der Waals surface area contributed by atoms with Crippen LogP contribution >= 0.6 is 11.3 Å². The van der Waals surface area contributed by atoms with Crippen LogP contribution in [0.1, 0.15) is 15.4 Å². The summed E-state index contributed by atoms with van der Waals surface area (Å²) in [6.07, 6.45) is 0. The number of ether oxygens (including phenoxy) is 2. The van der Waals surface area contributed by atoms with Gasteiger partial charge >= 0.3 is 0 Å². The molecule has 1 heterocycles. The molecule has 0 unspecified atom stereocenters. The number of hydrogen-bond donors (Lipinski definition) is 1. The van der Waals surface area contributed by atoms with Crippen molar-refractivity contribution >= 4 is 22.9 Å². The summed E-state index contributed by atoms with van der Waals surface area (Å²) >= 11 is 1.17. The summed E-state index contributed by atoms with van der Waals surface area (Å²) < 4.78 is 37.3. The largest absolute Gasteiger partial charge is 0.493 e. The first-order chi connectivity index (χ1) is 12.9. The average molecular weight is 390 g/mol. The Morgan fingerprint density at radius 2 is 1.81 bits per heavy atom. The van der Waals surface area contributed by atoms with Crippen LogP contribution in [0.3, 0.4) is 0 Å². The lowest BCUT2D eigenvalue weighted by molar-refractivity contribution is 0.102. The van der Waals surface area contributed by atoms with Gasteiger partial charge in [0.25, 0.3) is 5.91 Å². The highest BCUT2D eigenvalue weighted by Crippen LogP contribution is 2.35. The fourth-order valence-corrected chi connectivity index (χ4v) is 3.43. The van der Waals surface area contributed by atoms with Crippen molar-refractivity contribution in [3.63, 3.8) is 0 Å². The summed E-state index contributed by atoms with van der Waals surface area (Å²) in [4.78, 5) is 17.2. The molecule has 8 heteroatoms. The zero-order valence-electron chi connectivity index (χ0n) is 14.8. The van der Waals surface area contributed by atoms with Crippen LogP contribution < -0.4 is 14.8 Å². The Morgan fingerprint density at radius 1 is 1.07 bits per heavy atom. The summed E-state index contributed by atoms with van der Waals surface area (Å²) in [6, 6.07) is 8.28. The lowest BCUT2D eigenvalue weighted by Gasteiger charge is -2.08. The van der Waals surface area contributed by atoms with Crippen LogP contribution in [0.2, 0.25) is 0 Å². The molecule has 1 aromatic heterocycles. The maximum Gasteiger partial charge on any atom is 0.267 e. The fraction of sp³-hybridized carbons (Fsp3) is 0.158. The number of carbonyl (C=O) groups is 1. The molecule has 0 bridgehead atoms. The molecule has 2 aromatic carbocycles. The highest BCUT2D eigenvalue weighted by molar-refractivity contribution is 7.17. The number of aromatic nitrogens is 1. The highest BCUT2D eigenvalue weighted by atomic mass is 32.1. The van der Waals surface area contributed by atoms with Gasteiger partial charge in [-0.05, 0) is 37.3 Å². The molecule has 27 heavy (non-hydrogen) atoms. The average Bonchev–Trinajstić information content (AvgIpc) is 3.05. The summed E-state index contributed by atoms with van der Waals surface area (Å²) in [5.74, 6) is -0.940. The van der Waals surface area contributed by atoms with E-state index in [-0.39, 0.29) is 5.69 Å². The molecule has 0 atom stereocenters. The molecule has 1 N–H and O–H groups in total. The third-order valence-electron chi connectivity index (χ3n) is 3.81. The summed E-state index contributed by atoms with van der Waals surface area (Å²) in [6.45, 7) is 1.69. The topological polar surface area (TPSA) is 60.5 Å². The van der Waals surface area contributed by atoms with E-state index in [1.165, 1.54) is 24.5 Å². The Kier molecular flexibility index (Phi) is 5.36. The van der Waals surface area contributed by atoms with Gasteiger partial charge < -0.3 is 14.8 Å². The zero-order valence-corrected chi connectivity index (χ0v) is 15.6. The first-order valence-electron chi connectivity index (χ1n) is 7.89. The predicted octanol–water partition coefficient (Wildman–Crippen LogP) is 4.67. The number of thiazole rings is 1. The minimum absolute atomic E-state index is 0.0955. The van der Waals surface area contributed by atoms with E-state index >= 15 is 0 Å². The summed E-state index contributed by atoms with van der Waals surface area (Å²) in [5.41, 5.74) is 1.17. The molecule has 0 saturated carbocycles. The molecule has 0 spiro atoms. The molecule has 3 aromatic rings. The van der Waals surface area contributed by atoms with E-state index in [4.69, 9.17) is 9.47 Å². The lowest BCUT2D eigenvalue weighted by atomic mass is 10.2. The van der Waals surface area contributed by atoms with Crippen molar-refractivity contribution in [1.29, 1.82) is 0 Å². The highest BCUT2D eigenvalue weighted by Gasteiger charge is 2.18. The SMILES string of the molecule is COc1ccc(-c2nc(C)c(C(=O)Nc3ccc(F)cc3F)s2)cc1OC. The van der Waals surface area contributed by atoms with E-state index in [0.717, 1.165) is 11.6 Å². The van der Waals surface area contributed by atoms with Crippen molar-refractivity contribution < 1.29 is 23.0 Å². The molecule has 0 aliphatic heterocycles. The number of hydrogen-bond acceptors (Lipinski definition) is 5. The molecule has 1 amide bonds. The van der Waals surface area contributed by atoms with Crippen LogP contribution in [0.25, 0.3) is 10.6 Å². The van der Waals surface area contributed by atoms with E-state index in [1.807, 2.05) is 0 Å². The number of nitrogens with one attached hydrogen (secondary N) is 1. The number of benzene rings is 2. The molecule has 5 nitrogen and oxygen atoms in total. The van der Waals surface area contributed by atoms with Gasteiger partial charge in [0.05, 0.1) is 25.6 Å². The van der Waals surface area contributed by atoms with E-state index in [9.17, 15) is 13.6 Å². The van der Waals surface area contributed by atoms with Gasteiger partial charge in [0.1, 0.15) is 21.5 Å². The summed E-state index contributed by atoms with van der Waals surface area (Å²) in [7, 11) is 3.08. The second-order valence-electron chi connectivity index (χ2n) is 5.58. The van der Waals surface area contributed by atoms with Crippen molar-refractivity contribution in [3.8, 4) is 22.1 Å². The van der Waals surface area contributed by atoms with Crippen molar-refractivity contribution in [1.82, 2.24) is 4.98 Å². The number of nitrogens with zero attached hydrogens (tertiary/aromatic N) is 1. The Morgan fingerprint density at radius 3 is 2.48 bits per heavy atom. The smallest absolute Gasteiger partial charge is 0.267 e. The monoisotopic (exact) mass is 390 g/mol. The van der Waals surface area contributed by atoms with E-state index in [0.29, 0.717) is 33.1 Å². The number of halogens is 2. The standard InChI is InChI=1S/C19H16F2N2O3S/c1-10-17(18(24)23-14-6-5-12(20)9-13(14)21)27-19(22-10)11-4-7-15(25-2)16(8-11)26-3/h4-9H,1-3H3,(H,23,24). The van der Waals surface area contributed by atoms with Gasteiger partial charge in [0.15, 0.2) is 11.5 Å². The van der Waals surface area contributed by atoms with Gasteiger partial charge in [-0.1, -0.05) is 0 Å².